The third-order valence-corrected chi connectivity index (χ3v) is 3.98. The van der Waals surface area contributed by atoms with Crippen molar-refractivity contribution in [3.8, 4) is 0 Å². The van der Waals surface area contributed by atoms with Gasteiger partial charge < -0.3 is 10.2 Å². The summed E-state index contributed by atoms with van der Waals surface area (Å²) < 4.78 is 0. The molecule has 2 nitrogen and oxygen atoms in total. The summed E-state index contributed by atoms with van der Waals surface area (Å²) in [5.41, 5.74) is 4.32. The highest BCUT2D eigenvalue weighted by atomic mass is 15.2. The quantitative estimate of drug-likeness (QED) is 0.690. The van der Waals surface area contributed by atoms with Gasteiger partial charge in [0.2, 0.25) is 0 Å². The van der Waals surface area contributed by atoms with Crippen molar-refractivity contribution in [1.82, 2.24) is 0 Å². The van der Waals surface area contributed by atoms with Gasteiger partial charge in [-0.3, -0.25) is 0 Å². The van der Waals surface area contributed by atoms with Gasteiger partial charge in [0.25, 0.3) is 0 Å². The molecule has 3 N–H and O–H groups in total. The Balaban J connectivity index is 2.12. The number of aryl methyl sites for hydroxylation is 2. The summed E-state index contributed by atoms with van der Waals surface area (Å²) in [6, 6.07) is 7.58. The van der Waals surface area contributed by atoms with Crippen molar-refractivity contribution in [2.24, 2.45) is 0 Å². The number of nitrogens with two attached hydrogens (primary N) is 1. The Morgan fingerprint density at radius 1 is 1.12 bits per heavy atom. The summed E-state index contributed by atoms with van der Waals surface area (Å²) in [5, 5.41) is 2.43. The first kappa shape index (κ1) is 11.6. The van der Waals surface area contributed by atoms with Gasteiger partial charge in [-0.25, -0.2) is 0 Å². The van der Waals surface area contributed by atoms with Gasteiger partial charge >= 0.3 is 0 Å². The van der Waals surface area contributed by atoms with Gasteiger partial charge in [0.1, 0.15) is 32.2 Å². The predicted octanol–water partition coefficient (Wildman–Crippen LogP) is -0.174. The van der Waals surface area contributed by atoms with Crippen LogP contribution in [0.1, 0.15) is 29.7 Å². The van der Waals surface area contributed by atoms with Crippen LogP contribution in [0.4, 0.5) is 0 Å². The van der Waals surface area contributed by atoms with Crippen LogP contribution in [0.2, 0.25) is 0 Å². The average molecular weight is 220 g/mol. The third kappa shape index (κ3) is 2.45. The lowest BCUT2D eigenvalue weighted by Crippen LogP contribution is -3.20. The van der Waals surface area contributed by atoms with Crippen molar-refractivity contribution < 1.29 is 10.2 Å². The normalized spacial score (nSPS) is 19.7. The van der Waals surface area contributed by atoms with Crippen molar-refractivity contribution in [2.45, 2.75) is 26.8 Å². The van der Waals surface area contributed by atoms with Gasteiger partial charge in [0.05, 0.1) is 0 Å². The highest BCUT2D eigenvalue weighted by Gasteiger charge is 2.23. The first-order chi connectivity index (χ1) is 7.68. The summed E-state index contributed by atoms with van der Waals surface area (Å²) in [7, 11) is 0. The van der Waals surface area contributed by atoms with E-state index in [1.54, 1.807) is 4.90 Å². The van der Waals surface area contributed by atoms with Gasteiger partial charge in [-0.1, -0.05) is 12.1 Å². The number of piperazine rings is 1. The molecule has 0 saturated carbocycles. The zero-order valence-electron chi connectivity index (χ0n) is 10.7. The fourth-order valence-corrected chi connectivity index (χ4v) is 2.55. The minimum absolute atomic E-state index is 0.646. The van der Waals surface area contributed by atoms with Crippen LogP contribution in [0.25, 0.3) is 0 Å². The maximum atomic E-state index is 2.43. The Labute approximate surface area is 98.7 Å². The molecule has 0 radical (unpaired) electrons. The van der Waals surface area contributed by atoms with Crippen LogP contribution < -0.4 is 10.2 Å². The van der Waals surface area contributed by atoms with Gasteiger partial charge in [-0.15, -0.1) is 0 Å². The van der Waals surface area contributed by atoms with Crippen molar-refractivity contribution in [2.75, 3.05) is 26.2 Å². The Hall–Kier alpha value is -0.860. The summed E-state index contributed by atoms with van der Waals surface area (Å²) in [4.78, 5) is 1.74. The zero-order chi connectivity index (χ0) is 11.5. The number of nitrogens with one attached hydrogen (secondary N) is 1. The molecule has 0 aromatic heterocycles. The van der Waals surface area contributed by atoms with Crippen LogP contribution in [0.15, 0.2) is 18.2 Å². The monoisotopic (exact) mass is 220 g/mol. The van der Waals surface area contributed by atoms with Gasteiger partial charge in [0, 0.05) is 5.56 Å². The zero-order valence-corrected chi connectivity index (χ0v) is 10.7. The smallest absolute Gasteiger partial charge is 0.127 e. The molecule has 16 heavy (non-hydrogen) atoms. The molecule has 2 rings (SSSR count). The molecule has 0 bridgehead atoms. The third-order valence-electron chi connectivity index (χ3n) is 3.98. The van der Waals surface area contributed by atoms with Crippen LogP contribution in [0.3, 0.4) is 0 Å². The maximum Gasteiger partial charge on any atom is 0.127 e. The molecule has 0 spiro atoms. The first-order valence-corrected chi connectivity index (χ1v) is 6.42. The van der Waals surface area contributed by atoms with Crippen LogP contribution in [-0.4, -0.2) is 26.2 Å². The first-order valence-electron chi connectivity index (χ1n) is 6.42. The maximum absolute atomic E-state index is 2.43. The molecule has 0 aliphatic carbocycles. The molecule has 1 atom stereocenters. The van der Waals surface area contributed by atoms with Crippen molar-refractivity contribution in [3.63, 3.8) is 0 Å². The fraction of sp³-hybridized carbons (Fsp3) is 0.571. The minimum atomic E-state index is 0.646. The lowest BCUT2D eigenvalue weighted by molar-refractivity contribution is -0.970. The summed E-state index contributed by atoms with van der Waals surface area (Å²) in [6.07, 6.45) is 0. The van der Waals surface area contributed by atoms with E-state index in [4.69, 9.17) is 0 Å². The standard InChI is InChI=1S/C14H22N2/c1-11-4-5-14(10-12(11)2)13(3)16-8-6-15-7-9-16/h4-5,10,13,15H,6-9H2,1-3H3/p+2/t13-/m1/s1. The Kier molecular flexibility index (Phi) is 3.62. The van der Waals surface area contributed by atoms with Crippen molar-refractivity contribution >= 4 is 0 Å². The largest absolute Gasteiger partial charge is 0.337 e. The van der Waals surface area contributed by atoms with E-state index in [9.17, 15) is 0 Å². The van der Waals surface area contributed by atoms with E-state index in [0.717, 1.165) is 0 Å². The lowest BCUT2D eigenvalue weighted by atomic mass is 10.0. The second kappa shape index (κ2) is 4.98. The van der Waals surface area contributed by atoms with Gasteiger partial charge in [-0.05, 0) is 38.0 Å². The molecule has 1 fully saturated rings. The number of quaternary nitrogens is 2. The van der Waals surface area contributed by atoms with Crippen LogP contribution in [0.5, 0.6) is 0 Å². The molecular weight excluding hydrogens is 196 g/mol. The lowest BCUT2D eigenvalue weighted by Gasteiger charge is -2.28. The molecule has 88 valence electrons. The minimum Gasteiger partial charge on any atom is -0.337 e. The van der Waals surface area contributed by atoms with Crippen LogP contribution in [0, 0.1) is 13.8 Å². The van der Waals surface area contributed by atoms with E-state index in [2.05, 4.69) is 44.3 Å². The Morgan fingerprint density at radius 2 is 1.81 bits per heavy atom. The van der Waals surface area contributed by atoms with Crippen LogP contribution >= 0.6 is 0 Å². The summed E-state index contributed by atoms with van der Waals surface area (Å²) >= 11 is 0. The van der Waals surface area contributed by atoms with Crippen molar-refractivity contribution in [3.05, 3.63) is 34.9 Å². The molecule has 1 aromatic carbocycles. The molecule has 0 unspecified atom stereocenters. The molecule has 1 saturated heterocycles. The van der Waals surface area contributed by atoms with Gasteiger partial charge in [-0.2, -0.15) is 0 Å². The predicted molar refractivity (Wildman–Crippen MR) is 66.7 cm³/mol. The topological polar surface area (TPSA) is 21.1 Å². The number of hydrogen-bond acceptors (Lipinski definition) is 0. The van der Waals surface area contributed by atoms with Gasteiger partial charge in [0.15, 0.2) is 0 Å². The van der Waals surface area contributed by atoms with E-state index in [-0.39, 0.29) is 0 Å². The Morgan fingerprint density at radius 3 is 2.44 bits per heavy atom. The van der Waals surface area contributed by atoms with E-state index >= 15 is 0 Å². The summed E-state index contributed by atoms with van der Waals surface area (Å²) in [6.45, 7) is 11.9. The molecule has 1 aliphatic rings. The Bertz CT molecular complexity index is 354. The molecule has 2 heteroatoms. The average Bonchev–Trinajstić information content (AvgIpc) is 2.33. The van der Waals surface area contributed by atoms with Crippen molar-refractivity contribution in [1.29, 1.82) is 0 Å². The highest BCUT2D eigenvalue weighted by Crippen LogP contribution is 2.14. The summed E-state index contributed by atoms with van der Waals surface area (Å²) in [5.74, 6) is 0. The van der Waals surface area contributed by atoms with E-state index in [1.165, 1.54) is 42.9 Å². The second-order valence-electron chi connectivity index (χ2n) is 5.09. The van der Waals surface area contributed by atoms with Crippen LogP contribution in [-0.2, 0) is 0 Å². The molecule has 0 amide bonds. The molecule has 1 aromatic rings. The van der Waals surface area contributed by atoms with E-state index in [1.807, 2.05) is 0 Å². The van der Waals surface area contributed by atoms with E-state index < -0.39 is 0 Å². The number of hydrogen-bond donors (Lipinski definition) is 2. The fourth-order valence-electron chi connectivity index (χ4n) is 2.55. The van der Waals surface area contributed by atoms with E-state index in [0.29, 0.717) is 6.04 Å². The molecule has 1 aliphatic heterocycles. The highest BCUT2D eigenvalue weighted by molar-refractivity contribution is 5.30. The second-order valence-corrected chi connectivity index (χ2v) is 5.09. The SMILES string of the molecule is Cc1ccc([C@@H](C)[NH+]2CC[NH2+]CC2)cc1C. The molecular formula is C14H24N2+2. The molecule has 1 heterocycles. The number of rotatable bonds is 2. The number of benzene rings is 1.